The zero-order valence-corrected chi connectivity index (χ0v) is 14.7. The summed E-state index contributed by atoms with van der Waals surface area (Å²) in [5, 5.41) is 2.94. The maximum atomic E-state index is 12.2. The first kappa shape index (κ1) is 18.2. The molecule has 5 heteroatoms. The Bertz CT molecular complexity index is 590. The Morgan fingerprint density at radius 1 is 1.04 bits per heavy atom. The smallest absolute Gasteiger partial charge is 0.261 e. The predicted molar refractivity (Wildman–Crippen MR) is 92.7 cm³/mol. The minimum absolute atomic E-state index is 0.110. The van der Waals surface area contributed by atoms with Crippen molar-refractivity contribution < 1.29 is 14.4 Å². The van der Waals surface area contributed by atoms with E-state index in [1.54, 1.807) is 24.3 Å². The summed E-state index contributed by atoms with van der Waals surface area (Å²) in [6.07, 6.45) is 3.31. The molecule has 0 radical (unpaired) electrons. The van der Waals surface area contributed by atoms with Crippen LogP contribution in [0, 0.1) is 5.92 Å². The van der Waals surface area contributed by atoms with Crippen LogP contribution >= 0.6 is 0 Å². The summed E-state index contributed by atoms with van der Waals surface area (Å²) in [7, 11) is 0. The first-order valence-corrected chi connectivity index (χ1v) is 8.64. The van der Waals surface area contributed by atoms with E-state index < -0.39 is 0 Å². The van der Waals surface area contributed by atoms with Crippen molar-refractivity contribution in [2.24, 2.45) is 5.92 Å². The molecule has 0 bridgehead atoms. The summed E-state index contributed by atoms with van der Waals surface area (Å²) >= 11 is 0. The molecular formula is C19H26N2O3. The van der Waals surface area contributed by atoms with E-state index in [4.69, 9.17) is 0 Å². The van der Waals surface area contributed by atoms with Crippen molar-refractivity contribution in [3.63, 3.8) is 0 Å². The Hall–Kier alpha value is -2.17. The van der Waals surface area contributed by atoms with Crippen molar-refractivity contribution in [2.45, 2.75) is 52.5 Å². The number of nitrogens with zero attached hydrogens (tertiary/aromatic N) is 1. The molecule has 2 rings (SSSR count). The van der Waals surface area contributed by atoms with E-state index in [1.807, 2.05) is 6.92 Å². The van der Waals surface area contributed by atoms with Crippen molar-refractivity contribution in [3.05, 3.63) is 35.4 Å². The van der Waals surface area contributed by atoms with Crippen LogP contribution < -0.4 is 5.32 Å². The maximum absolute atomic E-state index is 12.2. The molecule has 1 atom stereocenters. The maximum Gasteiger partial charge on any atom is 0.261 e. The number of nitrogens with one attached hydrogen (secondary N) is 1. The third-order valence-electron chi connectivity index (χ3n) is 4.27. The van der Waals surface area contributed by atoms with E-state index in [-0.39, 0.29) is 36.7 Å². The van der Waals surface area contributed by atoms with Crippen LogP contribution in [0.1, 0.15) is 67.2 Å². The Kier molecular flexibility index (Phi) is 6.12. The number of hydrogen-bond donors (Lipinski definition) is 1. The molecule has 1 aromatic rings. The quantitative estimate of drug-likeness (QED) is 0.745. The third kappa shape index (κ3) is 4.43. The highest BCUT2D eigenvalue weighted by molar-refractivity contribution is 6.21. The molecule has 1 N–H and O–H groups in total. The predicted octanol–water partition coefficient (Wildman–Crippen LogP) is 3.00. The number of hydrogen-bond acceptors (Lipinski definition) is 3. The molecule has 0 saturated carbocycles. The second-order valence-corrected chi connectivity index (χ2v) is 6.85. The van der Waals surface area contributed by atoms with Gasteiger partial charge in [0.05, 0.1) is 11.1 Å². The summed E-state index contributed by atoms with van der Waals surface area (Å²) in [4.78, 5) is 37.6. The van der Waals surface area contributed by atoms with Gasteiger partial charge in [-0.25, -0.2) is 0 Å². The first-order chi connectivity index (χ1) is 11.4. The molecule has 0 aliphatic carbocycles. The van der Waals surface area contributed by atoms with Gasteiger partial charge in [-0.2, -0.15) is 0 Å². The molecule has 0 unspecified atom stereocenters. The van der Waals surface area contributed by atoms with Gasteiger partial charge in [0.15, 0.2) is 0 Å². The summed E-state index contributed by atoms with van der Waals surface area (Å²) in [5.74, 6) is -0.0768. The highest BCUT2D eigenvalue weighted by atomic mass is 16.2. The summed E-state index contributed by atoms with van der Waals surface area (Å²) in [6, 6.07) is 6.87. The Labute approximate surface area is 143 Å². The fourth-order valence-corrected chi connectivity index (χ4v) is 2.91. The molecule has 5 nitrogen and oxygen atoms in total. The van der Waals surface area contributed by atoms with Gasteiger partial charge in [-0.15, -0.1) is 0 Å². The van der Waals surface area contributed by atoms with Crippen molar-refractivity contribution in [1.29, 1.82) is 0 Å². The van der Waals surface area contributed by atoms with Crippen molar-refractivity contribution >= 4 is 17.7 Å². The molecule has 24 heavy (non-hydrogen) atoms. The van der Waals surface area contributed by atoms with Crippen LogP contribution in [-0.2, 0) is 4.79 Å². The van der Waals surface area contributed by atoms with Crippen molar-refractivity contribution in [1.82, 2.24) is 10.2 Å². The van der Waals surface area contributed by atoms with Gasteiger partial charge in [-0.3, -0.25) is 19.3 Å². The normalized spacial score (nSPS) is 14.9. The molecule has 1 aliphatic heterocycles. The van der Waals surface area contributed by atoms with Crippen molar-refractivity contribution in [2.75, 3.05) is 6.54 Å². The minimum atomic E-state index is -0.312. The van der Waals surface area contributed by atoms with Gasteiger partial charge in [-0.05, 0) is 31.4 Å². The van der Waals surface area contributed by atoms with E-state index in [0.717, 1.165) is 24.2 Å². The van der Waals surface area contributed by atoms with Gasteiger partial charge in [0, 0.05) is 19.0 Å². The van der Waals surface area contributed by atoms with Crippen LogP contribution in [0.25, 0.3) is 0 Å². The Morgan fingerprint density at radius 2 is 1.62 bits per heavy atom. The first-order valence-electron chi connectivity index (χ1n) is 8.64. The van der Waals surface area contributed by atoms with Crippen LogP contribution in [0.2, 0.25) is 0 Å². The molecule has 1 aliphatic rings. The van der Waals surface area contributed by atoms with Crippen LogP contribution in [-0.4, -0.2) is 35.2 Å². The lowest BCUT2D eigenvalue weighted by molar-refractivity contribution is -0.121. The third-order valence-corrected chi connectivity index (χ3v) is 4.27. The highest BCUT2D eigenvalue weighted by Gasteiger charge is 2.34. The molecule has 0 fully saturated rings. The fourth-order valence-electron chi connectivity index (χ4n) is 2.91. The molecule has 0 saturated heterocycles. The number of fused-ring (bicyclic) bond motifs is 1. The number of carbonyl (C=O) groups excluding carboxylic acids is 3. The monoisotopic (exact) mass is 330 g/mol. The molecule has 1 heterocycles. The van der Waals surface area contributed by atoms with Gasteiger partial charge in [0.1, 0.15) is 0 Å². The van der Waals surface area contributed by atoms with Gasteiger partial charge in [-0.1, -0.05) is 38.8 Å². The molecule has 3 amide bonds. The number of rotatable bonds is 8. The SMILES string of the molecule is CC(C)CCC[C@@H](C)NC(=O)CCN1C(=O)c2ccccc2C1=O. The topological polar surface area (TPSA) is 66.5 Å². The summed E-state index contributed by atoms with van der Waals surface area (Å²) < 4.78 is 0. The average Bonchev–Trinajstić information content (AvgIpc) is 2.77. The Balaban J connectivity index is 1.79. The average molecular weight is 330 g/mol. The van der Waals surface area contributed by atoms with Crippen LogP contribution in [0.15, 0.2) is 24.3 Å². The lowest BCUT2D eigenvalue weighted by Crippen LogP contribution is -2.37. The van der Waals surface area contributed by atoms with Gasteiger partial charge < -0.3 is 5.32 Å². The summed E-state index contributed by atoms with van der Waals surface area (Å²) in [5.41, 5.74) is 0.843. The van der Waals surface area contributed by atoms with Gasteiger partial charge in [0.25, 0.3) is 11.8 Å². The van der Waals surface area contributed by atoms with Crippen LogP contribution in [0.4, 0.5) is 0 Å². The van der Waals surface area contributed by atoms with E-state index in [0.29, 0.717) is 17.0 Å². The number of amides is 3. The molecule has 1 aromatic carbocycles. The molecular weight excluding hydrogens is 304 g/mol. The largest absolute Gasteiger partial charge is 0.354 e. The summed E-state index contributed by atoms with van der Waals surface area (Å²) in [6.45, 7) is 6.48. The van der Waals surface area contributed by atoms with E-state index in [9.17, 15) is 14.4 Å². The lowest BCUT2D eigenvalue weighted by Gasteiger charge is -2.17. The van der Waals surface area contributed by atoms with Crippen LogP contribution in [0.3, 0.4) is 0 Å². The zero-order chi connectivity index (χ0) is 17.7. The Morgan fingerprint density at radius 3 is 2.17 bits per heavy atom. The number of benzene rings is 1. The van der Waals surface area contributed by atoms with Crippen molar-refractivity contribution in [3.8, 4) is 0 Å². The fraction of sp³-hybridized carbons (Fsp3) is 0.526. The lowest BCUT2D eigenvalue weighted by atomic mass is 10.0. The second kappa shape index (κ2) is 8.08. The van der Waals surface area contributed by atoms with E-state index >= 15 is 0 Å². The molecule has 130 valence electrons. The van der Waals surface area contributed by atoms with Gasteiger partial charge >= 0.3 is 0 Å². The van der Waals surface area contributed by atoms with Gasteiger partial charge in [0.2, 0.25) is 5.91 Å². The van der Waals surface area contributed by atoms with E-state index in [2.05, 4.69) is 19.2 Å². The zero-order valence-electron chi connectivity index (χ0n) is 14.7. The molecule has 0 aromatic heterocycles. The van der Waals surface area contributed by atoms with E-state index in [1.165, 1.54) is 0 Å². The number of carbonyl (C=O) groups is 3. The minimum Gasteiger partial charge on any atom is -0.354 e. The van der Waals surface area contributed by atoms with Crippen LogP contribution in [0.5, 0.6) is 0 Å². The second-order valence-electron chi connectivity index (χ2n) is 6.85. The molecule has 0 spiro atoms. The number of imide groups is 1. The highest BCUT2D eigenvalue weighted by Crippen LogP contribution is 2.22. The standard InChI is InChI=1S/C19H26N2O3/c1-13(2)7-6-8-14(3)20-17(22)11-12-21-18(23)15-9-4-5-10-16(15)19(21)24/h4-5,9-10,13-14H,6-8,11-12H2,1-3H3,(H,20,22)/t14-/m1/s1.